The Balaban J connectivity index is 1.69. The predicted molar refractivity (Wildman–Crippen MR) is 80.1 cm³/mol. The zero-order valence-electron chi connectivity index (χ0n) is 12.8. The molecule has 0 aromatic rings. The third-order valence-corrected chi connectivity index (χ3v) is 3.95. The van der Waals surface area contributed by atoms with E-state index in [0.717, 1.165) is 25.2 Å². The van der Waals surface area contributed by atoms with Crippen LogP contribution in [-0.4, -0.2) is 12.6 Å². The van der Waals surface area contributed by atoms with Crippen molar-refractivity contribution in [3.8, 4) is 0 Å². The van der Waals surface area contributed by atoms with Crippen molar-refractivity contribution in [1.82, 2.24) is 0 Å². The van der Waals surface area contributed by atoms with Crippen LogP contribution < -0.4 is 0 Å². The fourth-order valence-electron chi connectivity index (χ4n) is 2.40. The smallest absolute Gasteiger partial charge is 0.305 e. The van der Waals surface area contributed by atoms with Gasteiger partial charge in [-0.1, -0.05) is 71.1 Å². The van der Waals surface area contributed by atoms with Crippen molar-refractivity contribution in [1.29, 1.82) is 0 Å². The van der Waals surface area contributed by atoms with Crippen molar-refractivity contribution >= 4 is 5.97 Å². The lowest BCUT2D eigenvalue weighted by molar-refractivity contribution is -0.143. The van der Waals surface area contributed by atoms with E-state index >= 15 is 0 Å². The SMILES string of the molecule is CCCCC(=O)OCCCCCCCCCC1CC1. The van der Waals surface area contributed by atoms with Crippen LogP contribution in [0.2, 0.25) is 0 Å². The molecule has 0 radical (unpaired) electrons. The summed E-state index contributed by atoms with van der Waals surface area (Å²) in [5, 5.41) is 0. The zero-order valence-corrected chi connectivity index (χ0v) is 12.8. The fourth-order valence-corrected chi connectivity index (χ4v) is 2.40. The minimum atomic E-state index is -0.0121. The van der Waals surface area contributed by atoms with E-state index in [4.69, 9.17) is 4.74 Å². The Labute approximate surface area is 119 Å². The van der Waals surface area contributed by atoms with E-state index in [-0.39, 0.29) is 5.97 Å². The molecule has 112 valence electrons. The Kier molecular flexibility index (Phi) is 9.84. The van der Waals surface area contributed by atoms with Crippen molar-refractivity contribution in [2.24, 2.45) is 5.92 Å². The van der Waals surface area contributed by atoms with Gasteiger partial charge in [0, 0.05) is 6.42 Å². The van der Waals surface area contributed by atoms with Crippen LogP contribution in [0.1, 0.15) is 90.4 Å². The molecule has 1 saturated carbocycles. The summed E-state index contributed by atoms with van der Waals surface area (Å²) in [6.45, 7) is 2.72. The Morgan fingerprint density at radius 2 is 1.58 bits per heavy atom. The number of hydrogen-bond donors (Lipinski definition) is 0. The van der Waals surface area contributed by atoms with Crippen LogP contribution in [0, 0.1) is 5.92 Å². The molecule has 0 aromatic heterocycles. The summed E-state index contributed by atoms with van der Waals surface area (Å²) in [6, 6.07) is 0. The quantitative estimate of drug-likeness (QED) is 0.337. The van der Waals surface area contributed by atoms with Crippen LogP contribution in [0.3, 0.4) is 0 Å². The van der Waals surface area contributed by atoms with E-state index < -0.39 is 0 Å². The van der Waals surface area contributed by atoms with Crippen molar-refractivity contribution in [3.05, 3.63) is 0 Å². The second-order valence-electron chi connectivity index (χ2n) is 6.03. The highest BCUT2D eigenvalue weighted by Crippen LogP contribution is 2.34. The van der Waals surface area contributed by atoms with Crippen molar-refractivity contribution in [3.63, 3.8) is 0 Å². The number of unbranched alkanes of at least 4 members (excludes halogenated alkanes) is 7. The van der Waals surface area contributed by atoms with Gasteiger partial charge >= 0.3 is 5.97 Å². The summed E-state index contributed by atoms with van der Waals surface area (Å²) >= 11 is 0. The first kappa shape index (κ1) is 16.5. The topological polar surface area (TPSA) is 26.3 Å². The number of rotatable bonds is 13. The third-order valence-electron chi connectivity index (χ3n) is 3.95. The lowest BCUT2D eigenvalue weighted by Crippen LogP contribution is -2.05. The number of hydrogen-bond acceptors (Lipinski definition) is 2. The van der Waals surface area contributed by atoms with Gasteiger partial charge in [0.05, 0.1) is 6.61 Å². The van der Waals surface area contributed by atoms with Crippen LogP contribution >= 0.6 is 0 Å². The summed E-state index contributed by atoms with van der Waals surface area (Å²) < 4.78 is 5.18. The highest BCUT2D eigenvalue weighted by molar-refractivity contribution is 5.69. The molecule has 0 unspecified atom stereocenters. The maximum atomic E-state index is 11.2. The fraction of sp³-hybridized carbons (Fsp3) is 0.941. The van der Waals surface area contributed by atoms with E-state index in [9.17, 15) is 4.79 Å². The highest BCUT2D eigenvalue weighted by Gasteiger charge is 2.19. The Bertz CT molecular complexity index is 221. The number of esters is 1. The summed E-state index contributed by atoms with van der Waals surface area (Å²) in [6.07, 6.45) is 16.3. The number of carbonyl (C=O) groups excluding carboxylic acids is 1. The summed E-state index contributed by atoms with van der Waals surface area (Å²) in [4.78, 5) is 11.2. The first-order chi connectivity index (χ1) is 9.33. The maximum Gasteiger partial charge on any atom is 0.305 e. The van der Waals surface area contributed by atoms with Gasteiger partial charge in [-0.15, -0.1) is 0 Å². The molecule has 2 heteroatoms. The largest absolute Gasteiger partial charge is 0.466 e. The van der Waals surface area contributed by atoms with Crippen molar-refractivity contribution in [2.75, 3.05) is 6.61 Å². The first-order valence-electron chi connectivity index (χ1n) is 8.48. The van der Waals surface area contributed by atoms with Gasteiger partial charge in [0.15, 0.2) is 0 Å². The Hall–Kier alpha value is -0.530. The molecule has 0 saturated heterocycles. The summed E-state index contributed by atoms with van der Waals surface area (Å²) in [5.74, 6) is 1.09. The number of carbonyl (C=O) groups is 1. The summed E-state index contributed by atoms with van der Waals surface area (Å²) in [5.41, 5.74) is 0. The lowest BCUT2D eigenvalue weighted by Gasteiger charge is -2.04. The molecule has 19 heavy (non-hydrogen) atoms. The van der Waals surface area contributed by atoms with Gasteiger partial charge in [-0.25, -0.2) is 0 Å². The predicted octanol–water partition coefficient (Wildman–Crippen LogP) is 5.25. The molecular weight excluding hydrogens is 236 g/mol. The van der Waals surface area contributed by atoms with Gasteiger partial charge in [-0.05, 0) is 18.8 Å². The second kappa shape index (κ2) is 11.3. The molecule has 0 aromatic carbocycles. The molecule has 0 aliphatic heterocycles. The lowest BCUT2D eigenvalue weighted by atomic mass is 10.1. The van der Waals surface area contributed by atoms with E-state index in [1.807, 2.05) is 0 Å². The van der Waals surface area contributed by atoms with Gasteiger partial charge in [0.25, 0.3) is 0 Å². The molecule has 0 spiro atoms. The van der Waals surface area contributed by atoms with E-state index in [1.54, 1.807) is 0 Å². The molecule has 1 aliphatic rings. The highest BCUT2D eigenvalue weighted by atomic mass is 16.5. The molecule has 0 bridgehead atoms. The van der Waals surface area contributed by atoms with Crippen molar-refractivity contribution in [2.45, 2.75) is 90.4 Å². The van der Waals surface area contributed by atoms with Crippen LogP contribution in [0.15, 0.2) is 0 Å². The van der Waals surface area contributed by atoms with Gasteiger partial charge < -0.3 is 4.74 Å². The average Bonchev–Trinajstić information content (AvgIpc) is 3.22. The monoisotopic (exact) mass is 268 g/mol. The molecule has 0 amide bonds. The van der Waals surface area contributed by atoms with Gasteiger partial charge in [0.2, 0.25) is 0 Å². The molecule has 0 N–H and O–H groups in total. The van der Waals surface area contributed by atoms with Crippen LogP contribution in [0.5, 0.6) is 0 Å². The average molecular weight is 268 g/mol. The molecule has 1 fully saturated rings. The van der Waals surface area contributed by atoms with Gasteiger partial charge in [-0.2, -0.15) is 0 Å². The Morgan fingerprint density at radius 1 is 0.947 bits per heavy atom. The van der Waals surface area contributed by atoms with E-state index in [1.165, 1.54) is 57.8 Å². The van der Waals surface area contributed by atoms with Gasteiger partial charge in [0.1, 0.15) is 0 Å². The summed E-state index contributed by atoms with van der Waals surface area (Å²) in [7, 11) is 0. The molecule has 0 atom stereocenters. The molecule has 2 nitrogen and oxygen atoms in total. The minimum absolute atomic E-state index is 0.0121. The Morgan fingerprint density at radius 3 is 2.21 bits per heavy atom. The van der Waals surface area contributed by atoms with Crippen molar-refractivity contribution < 1.29 is 9.53 Å². The molecule has 1 rings (SSSR count). The maximum absolute atomic E-state index is 11.2. The van der Waals surface area contributed by atoms with Crippen LogP contribution in [0.4, 0.5) is 0 Å². The third kappa shape index (κ3) is 11.0. The van der Waals surface area contributed by atoms with E-state index in [0.29, 0.717) is 13.0 Å². The van der Waals surface area contributed by atoms with Crippen LogP contribution in [0.25, 0.3) is 0 Å². The minimum Gasteiger partial charge on any atom is -0.466 e. The van der Waals surface area contributed by atoms with E-state index in [2.05, 4.69) is 6.92 Å². The molecule has 0 heterocycles. The molecule has 1 aliphatic carbocycles. The first-order valence-corrected chi connectivity index (χ1v) is 8.48. The normalized spacial score (nSPS) is 14.6. The standard InChI is InChI=1S/C17H32O2/c1-2-3-12-17(18)19-15-10-8-6-4-5-7-9-11-16-13-14-16/h16H,2-15H2,1H3. The number of ether oxygens (including phenoxy) is 1. The van der Waals surface area contributed by atoms with Gasteiger partial charge in [-0.3, -0.25) is 4.79 Å². The van der Waals surface area contributed by atoms with Crippen LogP contribution in [-0.2, 0) is 9.53 Å². The zero-order chi connectivity index (χ0) is 13.8. The second-order valence-corrected chi connectivity index (χ2v) is 6.03. The molecular formula is C17H32O2.